The van der Waals surface area contributed by atoms with E-state index >= 15 is 0 Å². The third-order valence-electron chi connectivity index (χ3n) is 4.88. The monoisotopic (exact) mass is 480 g/mol. The lowest BCUT2D eigenvalue weighted by Crippen LogP contribution is -2.29. The first-order valence-electron chi connectivity index (χ1n) is 10.5. The molecule has 0 atom stereocenters. The van der Waals surface area contributed by atoms with E-state index in [-0.39, 0.29) is 11.7 Å². The summed E-state index contributed by atoms with van der Waals surface area (Å²) in [5.41, 5.74) is 2.53. The molecule has 1 amide bonds. The van der Waals surface area contributed by atoms with Crippen LogP contribution in [0, 0.1) is 5.82 Å². The molecule has 0 N–H and O–H groups in total. The van der Waals surface area contributed by atoms with E-state index < -0.39 is 0 Å². The number of carbonyl (C=O) groups excluding carboxylic acids is 1. The zero-order valence-corrected chi connectivity index (χ0v) is 19.6. The van der Waals surface area contributed by atoms with Gasteiger partial charge in [0.1, 0.15) is 18.2 Å². The van der Waals surface area contributed by atoms with Gasteiger partial charge in [0.05, 0.1) is 10.6 Å². The SMILES string of the molecule is CCCN1C(=O)/C(=C/c2ccc(OCc3ccc(F)cc3)cc2)SC1=Nc1ccc(Cl)cc1. The van der Waals surface area contributed by atoms with Crippen molar-refractivity contribution in [1.29, 1.82) is 0 Å². The van der Waals surface area contributed by atoms with E-state index in [9.17, 15) is 9.18 Å². The number of rotatable bonds is 7. The van der Waals surface area contributed by atoms with Crippen molar-refractivity contribution >= 4 is 46.2 Å². The Morgan fingerprint density at radius 3 is 2.39 bits per heavy atom. The minimum absolute atomic E-state index is 0.0498. The molecule has 3 aromatic carbocycles. The van der Waals surface area contributed by atoms with Crippen molar-refractivity contribution in [2.45, 2.75) is 20.0 Å². The van der Waals surface area contributed by atoms with Crippen LogP contribution >= 0.6 is 23.4 Å². The summed E-state index contributed by atoms with van der Waals surface area (Å²) >= 11 is 7.33. The molecule has 4 nitrogen and oxygen atoms in total. The smallest absolute Gasteiger partial charge is 0.266 e. The Morgan fingerprint density at radius 1 is 1.03 bits per heavy atom. The molecule has 1 saturated heterocycles. The molecule has 1 fully saturated rings. The Kier molecular flexibility index (Phi) is 7.47. The fourth-order valence-electron chi connectivity index (χ4n) is 3.20. The average Bonchev–Trinajstić information content (AvgIpc) is 3.10. The van der Waals surface area contributed by atoms with E-state index in [1.54, 1.807) is 29.2 Å². The Morgan fingerprint density at radius 2 is 1.73 bits per heavy atom. The Balaban J connectivity index is 1.47. The first-order valence-corrected chi connectivity index (χ1v) is 11.7. The summed E-state index contributed by atoms with van der Waals surface area (Å²) in [5.74, 6) is 0.380. The van der Waals surface area contributed by atoms with Crippen LogP contribution in [0.4, 0.5) is 10.1 Å². The van der Waals surface area contributed by atoms with Gasteiger partial charge in [-0.05, 0) is 83.9 Å². The van der Waals surface area contributed by atoms with Gasteiger partial charge in [-0.3, -0.25) is 9.69 Å². The zero-order chi connectivity index (χ0) is 23.2. The van der Waals surface area contributed by atoms with Crippen LogP contribution < -0.4 is 4.74 Å². The van der Waals surface area contributed by atoms with Crippen molar-refractivity contribution in [3.8, 4) is 5.75 Å². The van der Waals surface area contributed by atoms with Gasteiger partial charge in [0.25, 0.3) is 5.91 Å². The molecule has 0 spiro atoms. The molecule has 0 saturated carbocycles. The number of benzene rings is 3. The van der Waals surface area contributed by atoms with Gasteiger partial charge in [-0.2, -0.15) is 0 Å². The number of halogens is 2. The highest BCUT2D eigenvalue weighted by Crippen LogP contribution is 2.34. The maximum absolute atomic E-state index is 13.0. The number of hydrogen-bond donors (Lipinski definition) is 0. The number of nitrogens with zero attached hydrogens (tertiary/aromatic N) is 2. The highest BCUT2D eigenvalue weighted by molar-refractivity contribution is 8.18. The van der Waals surface area contributed by atoms with Crippen molar-refractivity contribution in [2.24, 2.45) is 4.99 Å². The minimum Gasteiger partial charge on any atom is -0.489 e. The van der Waals surface area contributed by atoms with Gasteiger partial charge in [0, 0.05) is 11.6 Å². The molecular formula is C26H22ClFN2O2S. The maximum Gasteiger partial charge on any atom is 0.266 e. The fraction of sp³-hybridized carbons (Fsp3) is 0.154. The third kappa shape index (κ3) is 6.03. The summed E-state index contributed by atoms with van der Waals surface area (Å²) in [6.45, 7) is 2.99. The normalized spacial score (nSPS) is 16.1. The molecule has 168 valence electrons. The van der Waals surface area contributed by atoms with Crippen molar-refractivity contribution in [3.05, 3.63) is 99.7 Å². The zero-order valence-electron chi connectivity index (χ0n) is 18.0. The highest BCUT2D eigenvalue weighted by Gasteiger charge is 2.32. The van der Waals surface area contributed by atoms with Crippen molar-refractivity contribution in [1.82, 2.24) is 4.90 Å². The molecular weight excluding hydrogens is 459 g/mol. The van der Waals surface area contributed by atoms with E-state index in [1.165, 1.54) is 23.9 Å². The largest absolute Gasteiger partial charge is 0.489 e. The van der Waals surface area contributed by atoms with Crippen LogP contribution in [-0.2, 0) is 11.4 Å². The Bertz CT molecular complexity index is 1180. The number of ether oxygens (including phenoxy) is 1. The summed E-state index contributed by atoms with van der Waals surface area (Å²) in [7, 11) is 0. The molecule has 0 aliphatic carbocycles. The predicted molar refractivity (Wildman–Crippen MR) is 133 cm³/mol. The number of hydrogen-bond acceptors (Lipinski definition) is 4. The molecule has 1 aliphatic rings. The summed E-state index contributed by atoms with van der Waals surface area (Å²) < 4.78 is 18.8. The fourth-order valence-corrected chi connectivity index (χ4v) is 4.35. The lowest BCUT2D eigenvalue weighted by Gasteiger charge is -2.13. The predicted octanol–water partition coefficient (Wildman–Crippen LogP) is 7.07. The number of aliphatic imine (C=N–C) groups is 1. The van der Waals surface area contributed by atoms with Crippen molar-refractivity contribution < 1.29 is 13.9 Å². The van der Waals surface area contributed by atoms with E-state index in [4.69, 9.17) is 16.3 Å². The Hall–Kier alpha value is -3.09. The molecule has 1 aliphatic heterocycles. The maximum atomic E-state index is 13.0. The van der Waals surface area contributed by atoms with Gasteiger partial charge in [-0.15, -0.1) is 0 Å². The van der Waals surface area contributed by atoms with Gasteiger partial charge in [-0.25, -0.2) is 9.38 Å². The van der Waals surface area contributed by atoms with Crippen LogP contribution in [0.3, 0.4) is 0 Å². The molecule has 7 heteroatoms. The Labute approximate surface area is 201 Å². The number of carbonyl (C=O) groups is 1. The molecule has 1 heterocycles. The van der Waals surface area contributed by atoms with E-state index in [0.29, 0.717) is 34.0 Å². The second-order valence-corrected chi connectivity index (χ2v) is 8.87. The van der Waals surface area contributed by atoms with Gasteiger partial charge in [-0.1, -0.05) is 42.8 Å². The lowest BCUT2D eigenvalue weighted by atomic mass is 10.2. The second kappa shape index (κ2) is 10.7. The lowest BCUT2D eigenvalue weighted by molar-refractivity contribution is -0.122. The van der Waals surface area contributed by atoms with E-state index in [1.807, 2.05) is 49.4 Å². The molecule has 3 aromatic rings. The van der Waals surface area contributed by atoms with Crippen LogP contribution in [0.25, 0.3) is 6.08 Å². The van der Waals surface area contributed by atoms with Crippen molar-refractivity contribution in [2.75, 3.05) is 6.54 Å². The summed E-state index contributed by atoms with van der Waals surface area (Å²) in [5, 5.41) is 1.31. The van der Waals surface area contributed by atoms with Crippen LogP contribution in [0.1, 0.15) is 24.5 Å². The summed E-state index contributed by atoms with van der Waals surface area (Å²) in [6.07, 6.45) is 2.70. The van der Waals surface area contributed by atoms with E-state index in [0.717, 1.165) is 23.2 Å². The first kappa shape index (κ1) is 23.1. The molecule has 0 radical (unpaired) electrons. The molecule has 0 unspecified atom stereocenters. The summed E-state index contributed by atoms with van der Waals surface area (Å²) in [4.78, 5) is 20.0. The van der Waals surface area contributed by atoms with E-state index in [2.05, 4.69) is 4.99 Å². The summed E-state index contributed by atoms with van der Waals surface area (Å²) in [6, 6.07) is 21.0. The quantitative estimate of drug-likeness (QED) is 0.339. The molecule has 0 bridgehead atoms. The van der Waals surface area contributed by atoms with Gasteiger partial charge < -0.3 is 4.74 Å². The molecule has 4 rings (SSSR count). The van der Waals surface area contributed by atoms with Crippen LogP contribution in [-0.4, -0.2) is 22.5 Å². The van der Waals surface area contributed by atoms with Gasteiger partial charge in [0.15, 0.2) is 5.17 Å². The number of amides is 1. The molecule has 0 aromatic heterocycles. The second-order valence-electron chi connectivity index (χ2n) is 7.42. The molecule has 33 heavy (non-hydrogen) atoms. The van der Waals surface area contributed by atoms with Gasteiger partial charge in [0.2, 0.25) is 0 Å². The van der Waals surface area contributed by atoms with Crippen LogP contribution in [0.5, 0.6) is 5.75 Å². The van der Waals surface area contributed by atoms with Gasteiger partial charge >= 0.3 is 0 Å². The van der Waals surface area contributed by atoms with Crippen LogP contribution in [0.2, 0.25) is 5.02 Å². The van der Waals surface area contributed by atoms with Crippen LogP contribution in [0.15, 0.2) is 82.7 Å². The highest BCUT2D eigenvalue weighted by atomic mass is 35.5. The topological polar surface area (TPSA) is 41.9 Å². The number of amidine groups is 1. The standard InChI is InChI=1S/C26H22ClFN2O2S/c1-2-15-30-25(31)24(33-26(30)29-22-11-7-20(27)8-12-22)16-18-5-13-23(14-6-18)32-17-19-3-9-21(28)10-4-19/h3-14,16H,2,15,17H2,1H3/b24-16-,29-26?. The van der Waals surface area contributed by atoms with Crippen molar-refractivity contribution in [3.63, 3.8) is 0 Å². The minimum atomic E-state index is -0.269. The third-order valence-corrected chi connectivity index (χ3v) is 6.14. The average molecular weight is 481 g/mol. The first-order chi connectivity index (χ1) is 16.0. The number of thioether (sulfide) groups is 1.